The summed E-state index contributed by atoms with van der Waals surface area (Å²) < 4.78 is 0. The number of rotatable bonds is 5. The van der Waals surface area contributed by atoms with E-state index >= 15 is 0 Å². The second-order valence-corrected chi connectivity index (χ2v) is 12.4. The first-order valence-electron chi connectivity index (χ1n) is 12.8. The fraction of sp³-hybridized carbons (Fsp3) is 0.926. The molecule has 0 spiro atoms. The second-order valence-electron chi connectivity index (χ2n) is 12.4. The Morgan fingerprint density at radius 2 is 1.77 bits per heavy atom. The van der Waals surface area contributed by atoms with Gasteiger partial charge < -0.3 is 15.3 Å². The Labute approximate surface area is 184 Å². The summed E-state index contributed by atoms with van der Waals surface area (Å²) in [5.41, 5.74) is 1.89. The monoisotopic (exact) mass is 418 g/mol. The van der Waals surface area contributed by atoms with Gasteiger partial charge in [0.2, 0.25) is 0 Å². The Morgan fingerprint density at radius 3 is 2.47 bits per heavy atom. The first kappa shape index (κ1) is 22.8. The van der Waals surface area contributed by atoms with Crippen LogP contribution < -0.4 is 0 Å². The topological polar surface area (TPSA) is 60.7 Å². The number of aliphatic hydroxyl groups excluding tert-OH is 3. The molecule has 0 aromatic rings. The van der Waals surface area contributed by atoms with Crippen molar-refractivity contribution in [2.45, 2.75) is 111 Å². The number of hydrogen-bond donors (Lipinski definition) is 3. The van der Waals surface area contributed by atoms with Gasteiger partial charge in [0.05, 0.1) is 18.3 Å². The fourth-order valence-corrected chi connectivity index (χ4v) is 8.65. The highest BCUT2D eigenvalue weighted by molar-refractivity contribution is 5.25. The van der Waals surface area contributed by atoms with Gasteiger partial charge in [-0.3, -0.25) is 0 Å². The summed E-state index contributed by atoms with van der Waals surface area (Å²) in [4.78, 5) is 0. The van der Waals surface area contributed by atoms with Crippen LogP contribution in [0.2, 0.25) is 0 Å². The molecule has 3 fully saturated rings. The van der Waals surface area contributed by atoms with Gasteiger partial charge in [-0.15, -0.1) is 0 Å². The van der Waals surface area contributed by atoms with Crippen LogP contribution in [0, 0.1) is 46.3 Å². The van der Waals surface area contributed by atoms with Gasteiger partial charge in [-0.25, -0.2) is 0 Å². The van der Waals surface area contributed by atoms with Crippen molar-refractivity contribution < 1.29 is 15.3 Å². The maximum Gasteiger partial charge on any atom is 0.0580 e. The van der Waals surface area contributed by atoms with Gasteiger partial charge in [-0.2, -0.15) is 0 Å². The smallest absolute Gasteiger partial charge is 0.0580 e. The molecule has 0 amide bonds. The van der Waals surface area contributed by atoms with Gasteiger partial charge in [-0.1, -0.05) is 46.3 Å². The van der Waals surface area contributed by atoms with Crippen LogP contribution in [0.1, 0.15) is 92.4 Å². The van der Waals surface area contributed by atoms with E-state index in [4.69, 9.17) is 0 Å². The Morgan fingerprint density at radius 1 is 1.03 bits per heavy atom. The third-order valence-electron chi connectivity index (χ3n) is 10.4. The van der Waals surface area contributed by atoms with E-state index in [0.717, 1.165) is 44.9 Å². The summed E-state index contributed by atoms with van der Waals surface area (Å²) >= 11 is 0. The molecule has 0 aliphatic heterocycles. The summed E-state index contributed by atoms with van der Waals surface area (Å²) in [7, 11) is 0. The normalized spacial score (nSPS) is 47.8. The lowest BCUT2D eigenvalue weighted by molar-refractivity contribution is -0.0768. The molecule has 4 rings (SSSR count). The molecular weight excluding hydrogens is 372 g/mol. The van der Waals surface area contributed by atoms with Crippen molar-refractivity contribution >= 4 is 0 Å². The van der Waals surface area contributed by atoms with Crippen molar-refractivity contribution in [2.24, 2.45) is 46.3 Å². The largest absolute Gasteiger partial charge is 0.393 e. The van der Waals surface area contributed by atoms with Gasteiger partial charge in [-0.05, 0) is 104 Å². The molecule has 0 saturated heterocycles. The zero-order valence-corrected chi connectivity index (χ0v) is 20.0. The average Bonchev–Trinajstić information content (AvgIpc) is 2.96. The summed E-state index contributed by atoms with van der Waals surface area (Å²) in [6.07, 6.45) is 11.0. The van der Waals surface area contributed by atoms with Crippen LogP contribution in [-0.2, 0) is 0 Å². The lowest BCUT2D eigenvalue weighted by atomic mass is 9.47. The van der Waals surface area contributed by atoms with Crippen LogP contribution in [-0.4, -0.2) is 33.6 Å². The van der Waals surface area contributed by atoms with E-state index in [1.54, 1.807) is 0 Å². The van der Waals surface area contributed by atoms with Gasteiger partial charge in [0, 0.05) is 0 Å². The predicted octanol–water partition coefficient (Wildman–Crippen LogP) is 5.33. The molecule has 3 N–H and O–H groups in total. The van der Waals surface area contributed by atoms with Crippen molar-refractivity contribution in [3.05, 3.63) is 11.6 Å². The van der Waals surface area contributed by atoms with Gasteiger partial charge in [0.1, 0.15) is 0 Å². The highest BCUT2D eigenvalue weighted by Crippen LogP contribution is 2.67. The molecule has 3 saturated carbocycles. The molecule has 172 valence electrons. The van der Waals surface area contributed by atoms with Crippen molar-refractivity contribution in [3.8, 4) is 0 Å². The lowest BCUT2D eigenvalue weighted by Crippen LogP contribution is -2.51. The van der Waals surface area contributed by atoms with E-state index in [-0.39, 0.29) is 41.0 Å². The first-order chi connectivity index (χ1) is 14.1. The SMILES string of the molecule is CC(C)CC[C@@H](O)[C@@H](C)[C@H]1[C@H](O)C[C@H]2[C@@H]3CC=C4C[C@@H](O)CC[C@]4(C)[C@H]3CC[C@]12C. The van der Waals surface area contributed by atoms with Crippen molar-refractivity contribution in [1.29, 1.82) is 0 Å². The third-order valence-corrected chi connectivity index (χ3v) is 10.4. The maximum absolute atomic E-state index is 11.2. The number of fused-ring (bicyclic) bond motifs is 5. The summed E-state index contributed by atoms with van der Waals surface area (Å²) in [5, 5.41) is 32.4. The molecule has 0 radical (unpaired) electrons. The minimum absolute atomic E-state index is 0.134. The highest BCUT2D eigenvalue weighted by atomic mass is 16.3. The summed E-state index contributed by atoms with van der Waals surface area (Å²) in [6, 6.07) is 0. The van der Waals surface area contributed by atoms with E-state index in [1.165, 1.54) is 18.4 Å². The molecule has 3 nitrogen and oxygen atoms in total. The van der Waals surface area contributed by atoms with Crippen molar-refractivity contribution in [1.82, 2.24) is 0 Å². The highest BCUT2D eigenvalue weighted by Gasteiger charge is 2.62. The number of allylic oxidation sites excluding steroid dienone is 1. The third kappa shape index (κ3) is 3.61. The van der Waals surface area contributed by atoms with Crippen LogP contribution in [0.4, 0.5) is 0 Å². The van der Waals surface area contributed by atoms with Crippen LogP contribution in [0.25, 0.3) is 0 Å². The minimum atomic E-state index is -0.310. The molecule has 0 heterocycles. The maximum atomic E-state index is 11.2. The minimum Gasteiger partial charge on any atom is -0.393 e. The van der Waals surface area contributed by atoms with Crippen LogP contribution >= 0.6 is 0 Å². The van der Waals surface area contributed by atoms with Gasteiger partial charge >= 0.3 is 0 Å². The van der Waals surface area contributed by atoms with Crippen LogP contribution in [0.3, 0.4) is 0 Å². The Kier molecular flexibility index (Phi) is 6.23. The van der Waals surface area contributed by atoms with Crippen LogP contribution in [0.15, 0.2) is 11.6 Å². The summed E-state index contributed by atoms with van der Waals surface area (Å²) in [5.74, 6) is 2.86. The van der Waals surface area contributed by atoms with E-state index in [1.807, 2.05) is 0 Å². The molecule has 3 heteroatoms. The Balaban J connectivity index is 1.56. The van der Waals surface area contributed by atoms with Gasteiger partial charge in [0.25, 0.3) is 0 Å². The van der Waals surface area contributed by atoms with E-state index < -0.39 is 0 Å². The molecule has 0 aromatic heterocycles. The molecule has 0 bridgehead atoms. The van der Waals surface area contributed by atoms with Crippen molar-refractivity contribution in [2.75, 3.05) is 0 Å². The number of hydrogen-bond acceptors (Lipinski definition) is 3. The molecule has 0 aromatic carbocycles. The molecule has 0 unspecified atom stereocenters. The Hall–Kier alpha value is -0.380. The van der Waals surface area contributed by atoms with E-state index in [9.17, 15) is 15.3 Å². The fourth-order valence-electron chi connectivity index (χ4n) is 8.65. The number of aliphatic hydroxyl groups is 3. The second kappa shape index (κ2) is 8.19. The molecule has 4 aliphatic carbocycles. The quantitative estimate of drug-likeness (QED) is 0.529. The molecule has 30 heavy (non-hydrogen) atoms. The van der Waals surface area contributed by atoms with E-state index in [0.29, 0.717) is 23.7 Å². The molecule has 4 aliphatic rings. The molecular formula is C27H46O3. The zero-order chi connectivity index (χ0) is 21.8. The average molecular weight is 419 g/mol. The Bertz CT molecular complexity index is 656. The van der Waals surface area contributed by atoms with Crippen molar-refractivity contribution in [3.63, 3.8) is 0 Å². The molecule has 10 atom stereocenters. The first-order valence-corrected chi connectivity index (χ1v) is 12.8. The van der Waals surface area contributed by atoms with E-state index in [2.05, 4.69) is 40.7 Å². The standard InChI is InChI=1S/C27H46O3/c1-16(2)6-9-23(29)17(3)25-24(30)15-22-20-8-7-18-14-19(28)10-12-26(18,4)21(20)11-13-27(22,25)5/h7,16-17,19-25,28-30H,6,8-15H2,1-5H3/t17-,19+,20-,21+,22+,23-,24-,25+,26+,27+/m1/s1. The summed E-state index contributed by atoms with van der Waals surface area (Å²) in [6.45, 7) is 11.5. The van der Waals surface area contributed by atoms with Gasteiger partial charge in [0.15, 0.2) is 0 Å². The lowest BCUT2D eigenvalue weighted by Gasteiger charge is -2.58. The predicted molar refractivity (Wildman–Crippen MR) is 122 cm³/mol. The zero-order valence-electron chi connectivity index (χ0n) is 20.0. The van der Waals surface area contributed by atoms with Crippen LogP contribution in [0.5, 0.6) is 0 Å².